The molecule has 4 heterocycles. The second-order valence-electron chi connectivity index (χ2n) is 34.2. The van der Waals surface area contributed by atoms with Crippen LogP contribution in [0.4, 0.5) is 0 Å². The van der Waals surface area contributed by atoms with E-state index in [1.807, 2.05) is 18.2 Å². The van der Waals surface area contributed by atoms with Gasteiger partial charge in [-0.1, -0.05) is 266 Å². The number of rotatable bonds is 3. The van der Waals surface area contributed by atoms with Crippen LogP contribution in [-0.4, -0.2) is 9.13 Å². The Labute approximate surface area is 667 Å². The van der Waals surface area contributed by atoms with Crippen molar-refractivity contribution in [2.24, 2.45) is 0 Å². The molecule has 5 aliphatic carbocycles. The predicted molar refractivity (Wildman–Crippen MR) is 466 cm³/mol. The molecular weight excluding hydrogens is 1390 g/mol. The first-order valence-electron chi connectivity index (χ1n) is 40.0. The summed E-state index contributed by atoms with van der Waals surface area (Å²) >= 11 is 0. The lowest BCUT2D eigenvalue weighted by molar-refractivity contribution is 0.660. The Morgan fingerprint density at radius 1 is 0.209 bits per heavy atom. The summed E-state index contributed by atoms with van der Waals surface area (Å²) in [4.78, 5) is 0. The highest BCUT2D eigenvalue weighted by Crippen LogP contribution is 2.65. The van der Waals surface area contributed by atoms with Crippen LogP contribution in [0.3, 0.4) is 0 Å². The van der Waals surface area contributed by atoms with E-state index in [2.05, 4.69) is 372 Å². The van der Waals surface area contributed by atoms with Gasteiger partial charge in [-0.2, -0.15) is 15.8 Å². The molecule has 115 heavy (non-hydrogen) atoms. The average Bonchev–Trinajstić information content (AvgIpc) is 1.52. The van der Waals surface area contributed by atoms with Crippen LogP contribution in [0.5, 0.6) is 0 Å². The molecular formula is C110H71N5. The highest BCUT2D eigenvalue weighted by Gasteiger charge is 2.54. The summed E-state index contributed by atoms with van der Waals surface area (Å²) in [5, 5.41) is 34.3. The third kappa shape index (κ3) is 8.22. The number of para-hydroxylation sites is 6. The first kappa shape index (κ1) is 65.3. The van der Waals surface area contributed by atoms with Crippen molar-refractivity contribution in [2.75, 3.05) is 0 Å². The van der Waals surface area contributed by atoms with Gasteiger partial charge in [0.1, 0.15) is 0 Å². The summed E-state index contributed by atoms with van der Waals surface area (Å²) in [7, 11) is 0. The van der Waals surface area contributed by atoms with Crippen LogP contribution in [0.25, 0.3) is 144 Å². The molecule has 0 saturated carbocycles. The number of nitriles is 3. The monoisotopic (exact) mass is 1460 g/mol. The highest BCUT2D eigenvalue weighted by atomic mass is 15.0. The molecule has 0 bridgehead atoms. The molecule has 5 heteroatoms. The van der Waals surface area contributed by atoms with Crippen molar-refractivity contribution in [3.8, 4) is 119 Å². The Hall–Kier alpha value is -14.4. The van der Waals surface area contributed by atoms with Crippen LogP contribution in [0, 0.1) is 34.0 Å². The highest BCUT2D eigenvalue weighted by molar-refractivity contribution is 6.15. The Kier molecular flexibility index (Phi) is 12.9. The van der Waals surface area contributed by atoms with E-state index < -0.39 is 10.8 Å². The minimum absolute atomic E-state index is 0.191. The van der Waals surface area contributed by atoms with Crippen molar-refractivity contribution in [1.29, 1.82) is 15.8 Å². The zero-order valence-corrected chi connectivity index (χ0v) is 64.3. The zero-order valence-electron chi connectivity index (χ0n) is 64.3. The maximum atomic E-state index is 9.81. The van der Waals surface area contributed by atoms with Crippen LogP contribution in [0.15, 0.2) is 322 Å². The molecule has 0 amide bonds. The van der Waals surface area contributed by atoms with Crippen molar-refractivity contribution >= 4 is 43.6 Å². The minimum atomic E-state index is -0.628. The Balaban J connectivity index is 0.000000138. The summed E-state index contributed by atoms with van der Waals surface area (Å²) in [6, 6.07) is 127. The van der Waals surface area contributed by atoms with Gasteiger partial charge in [0.05, 0.1) is 79.2 Å². The molecule has 2 spiro atoms. The van der Waals surface area contributed by atoms with Gasteiger partial charge in [0, 0.05) is 37.8 Å². The van der Waals surface area contributed by atoms with Crippen LogP contribution >= 0.6 is 0 Å². The molecule has 1 atom stereocenters. The molecule has 0 saturated heterocycles. The first-order chi connectivity index (χ1) is 56.1. The van der Waals surface area contributed by atoms with Crippen LogP contribution < -0.4 is 0 Å². The number of nitrogens with zero attached hydrogens (tertiary/aromatic N) is 5. The smallest absolute Gasteiger partial charge is 0.0991 e. The molecule has 5 nitrogen and oxygen atoms in total. The van der Waals surface area contributed by atoms with Gasteiger partial charge in [0.25, 0.3) is 0 Å². The molecule has 0 radical (unpaired) electrons. The van der Waals surface area contributed by atoms with Gasteiger partial charge in [-0.05, 0) is 264 Å². The van der Waals surface area contributed by atoms with E-state index in [4.69, 9.17) is 0 Å². The lowest BCUT2D eigenvalue weighted by atomic mass is 9.65. The Morgan fingerprint density at radius 2 is 0.487 bits per heavy atom. The summed E-state index contributed by atoms with van der Waals surface area (Å²) in [5.74, 6) is 0. The zero-order chi connectivity index (χ0) is 77.1. The summed E-state index contributed by atoms with van der Waals surface area (Å²) in [6.45, 7) is 13.7. The van der Waals surface area contributed by atoms with Gasteiger partial charge in [-0.25, -0.2) is 0 Å². The second kappa shape index (κ2) is 22.7. The summed E-state index contributed by atoms with van der Waals surface area (Å²) < 4.78 is 5.02. The maximum Gasteiger partial charge on any atom is 0.0991 e. The van der Waals surface area contributed by atoms with Gasteiger partial charge in [-0.15, -0.1) is 0 Å². The van der Waals surface area contributed by atoms with Crippen LogP contribution in [0.2, 0.25) is 0 Å². The van der Waals surface area contributed by atoms with E-state index in [9.17, 15) is 15.8 Å². The molecule has 7 aliphatic rings. The van der Waals surface area contributed by atoms with E-state index in [1.54, 1.807) is 0 Å². The fourth-order valence-electron chi connectivity index (χ4n) is 22.7. The Bertz CT molecular complexity index is 7510. The van der Waals surface area contributed by atoms with Crippen molar-refractivity contribution < 1.29 is 0 Å². The predicted octanol–water partition coefficient (Wildman–Crippen LogP) is 26.5. The lowest BCUT2D eigenvalue weighted by Crippen LogP contribution is -2.33. The third-order valence-electron chi connectivity index (χ3n) is 27.9. The molecule has 16 aromatic carbocycles. The molecule has 536 valence electrons. The number of aromatic nitrogens is 2. The number of fused-ring (bicyclic) bond motifs is 33. The number of benzene rings is 16. The van der Waals surface area contributed by atoms with Crippen molar-refractivity contribution in [3.63, 3.8) is 0 Å². The molecule has 1 unspecified atom stereocenters. The minimum Gasteiger partial charge on any atom is -0.309 e. The van der Waals surface area contributed by atoms with Gasteiger partial charge >= 0.3 is 0 Å². The fourth-order valence-corrected chi connectivity index (χ4v) is 22.7. The van der Waals surface area contributed by atoms with E-state index in [1.165, 1.54) is 222 Å². The molecule has 0 fully saturated rings. The van der Waals surface area contributed by atoms with E-state index in [-0.39, 0.29) is 16.2 Å². The van der Waals surface area contributed by atoms with Gasteiger partial charge in [0.15, 0.2) is 0 Å². The van der Waals surface area contributed by atoms with Gasteiger partial charge in [-0.3, -0.25) is 0 Å². The van der Waals surface area contributed by atoms with Crippen LogP contribution in [0.1, 0.15) is 136 Å². The van der Waals surface area contributed by atoms with E-state index in [0.29, 0.717) is 16.7 Å². The summed E-state index contributed by atoms with van der Waals surface area (Å²) in [5.41, 5.74) is 45.6. The normalized spacial score (nSPS) is 16.0. The number of hydrogen-bond acceptors (Lipinski definition) is 3. The van der Waals surface area contributed by atoms with Crippen molar-refractivity contribution in [2.45, 2.75) is 68.6 Å². The Morgan fingerprint density at radius 3 is 0.896 bits per heavy atom. The largest absolute Gasteiger partial charge is 0.309 e. The first-order valence-corrected chi connectivity index (χ1v) is 40.0. The van der Waals surface area contributed by atoms with Gasteiger partial charge < -0.3 is 9.13 Å². The SMILES string of the molecule is CC1(C)c2cc(C#N)ccc2-c2ccc(-c3ccc4c(c3)-c3ccccc3C43c4ccccc4-n4c5ccccc5c5cccc3c54)cc21.CC1(C)c2cc(C#N)ccc2-c2ccc(-c3ccc4c(c3)C3(c5cc(-c6ccc7c(c6)C(C)(C)c6cc(C#N)ccc6-7)ccc5-4)c4ccccc4-n4c5ccccc5c5cccc3c54)cc21. The van der Waals surface area contributed by atoms with Crippen molar-refractivity contribution in [3.05, 3.63) is 416 Å². The third-order valence-corrected chi connectivity index (χ3v) is 27.9. The standard InChI is InChI=1S/C63H41N3.C47H30N2/c1-61(2)52-28-36(34-64)16-22-42(52)44-24-18-38(30-54(44)61)40-20-26-46-47-27-21-41(39-19-25-45-43-23-17-37(35-65)29-53(43)62(3,4)55(45)31-39)33-57(47)63(56(46)32-40)50-12-6-8-15-59(50)66-58-14-7-5-10-48(58)49-11-9-13-51(63)60(49)66;1-46(2)41-24-28(27-48)18-21-32(41)33-22-19-30(26-42(33)46)29-20-23-38-36(25-29)31-10-3-5-13-37(31)47(38)39-14-6-8-17-44(39)49-43-16-7-4-11-34(43)35-12-9-15-40(47)45(35)49/h5-33H,1-4H3;3-26H,1-2H3. The fraction of sp³-hybridized carbons (Fsp3) is 0.100. The quantitative estimate of drug-likeness (QED) is 0.177. The topological polar surface area (TPSA) is 81.2 Å². The van der Waals surface area contributed by atoms with Crippen LogP contribution in [-0.2, 0) is 27.1 Å². The van der Waals surface area contributed by atoms with Crippen molar-refractivity contribution in [1.82, 2.24) is 9.13 Å². The average molecular weight is 1460 g/mol. The maximum absolute atomic E-state index is 9.81. The second-order valence-corrected chi connectivity index (χ2v) is 34.2. The number of hydrogen-bond donors (Lipinski definition) is 0. The molecule has 2 aliphatic heterocycles. The molecule has 18 aromatic rings. The van der Waals surface area contributed by atoms with Gasteiger partial charge in [0.2, 0.25) is 0 Å². The summed E-state index contributed by atoms with van der Waals surface area (Å²) in [6.07, 6.45) is 0. The lowest BCUT2D eigenvalue weighted by Gasteiger charge is -2.40. The molecule has 2 aromatic heterocycles. The molecule has 0 N–H and O–H groups in total. The van der Waals surface area contributed by atoms with E-state index in [0.717, 1.165) is 0 Å². The molecule has 25 rings (SSSR count). The van der Waals surface area contributed by atoms with E-state index >= 15 is 0 Å².